The molecule has 0 bridgehead atoms. The van der Waals surface area contributed by atoms with E-state index in [0.717, 1.165) is 12.0 Å². The Kier molecular flexibility index (Phi) is 6.45. The monoisotopic (exact) mass is 346 g/mol. The largest absolute Gasteiger partial charge is 0.444 e. The van der Waals surface area contributed by atoms with Gasteiger partial charge in [0.05, 0.1) is 0 Å². The number of hydrogen-bond acceptors (Lipinski definition) is 3. The Labute approximate surface area is 150 Å². The summed E-state index contributed by atoms with van der Waals surface area (Å²) in [5, 5.41) is 5.87. The molecule has 5 nitrogen and oxygen atoms in total. The first-order valence-electron chi connectivity index (χ1n) is 9.11. The Hall–Kier alpha value is -2.04. The smallest absolute Gasteiger partial charge is 0.407 e. The maximum Gasteiger partial charge on any atom is 0.407 e. The van der Waals surface area contributed by atoms with E-state index in [2.05, 4.69) is 17.6 Å². The first-order chi connectivity index (χ1) is 11.7. The van der Waals surface area contributed by atoms with Gasteiger partial charge in [-0.1, -0.05) is 31.9 Å². The van der Waals surface area contributed by atoms with Crippen LogP contribution in [0.5, 0.6) is 0 Å². The van der Waals surface area contributed by atoms with Crippen LogP contribution in [0.2, 0.25) is 0 Å². The fraction of sp³-hybridized carbons (Fsp3) is 0.600. The lowest BCUT2D eigenvalue weighted by atomic mass is 9.86. The molecule has 0 aliphatic heterocycles. The fourth-order valence-corrected chi connectivity index (χ4v) is 3.04. The van der Waals surface area contributed by atoms with Gasteiger partial charge in [-0.25, -0.2) is 4.79 Å². The van der Waals surface area contributed by atoms with Crippen molar-refractivity contribution >= 4 is 12.0 Å². The quantitative estimate of drug-likeness (QED) is 0.865. The van der Waals surface area contributed by atoms with Crippen LogP contribution in [0.15, 0.2) is 24.3 Å². The molecule has 1 aromatic rings. The van der Waals surface area contributed by atoms with Crippen molar-refractivity contribution in [2.75, 3.05) is 0 Å². The van der Waals surface area contributed by atoms with Crippen molar-refractivity contribution in [3.8, 4) is 0 Å². The molecule has 1 saturated carbocycles. The Morgan fingerprint density at radius 1 is 1.12 bits per heavy atom. The number of ether oxygens (including phenoxy) is 1. The molecule has 1 fully saturated rings. The number of benzene rings is 1. The number of alkyl carbamates (subject to hydrolysis) is 1. The molecule has 2 atom stereocenters. The molecule has 0 aromatic heterocycles. The molecule has 2 amide bonds. The minimum Gasteiger partial charge on any atom is -0.444 e. The second-order valence-electron chi connectivity index (χ2n) is 7.89. The molecule has 0 unspecified atom stereocenters. The van der Waals surface area contributed by atoms with E-state index in [-0.39, 0.29) is 11.9 Å². The maximum atomic E-state index is 12.4. The molecule has 1 aromatic carbocycles. The molecule has 0 spiro atoms. The fourth-order valence-electron chi connectivity index (χ4n) is 3.04. The van der Waals surface area contributed by atoms with Gasteiger partial charge in [0.2, 0.25) is 0 Å². The lowest BCUT2D eigenvalue weighted by molar-refractivity contribution is 0.0523. The second-order valence-corrected chi connectivity index (χ2v) is 7.89. The number of hydrogen-bond donors (Lipinski definition) is 2. The van der Waals surface area contributed by atoms with Gasteiger partial charge in [-0.15, -0.1) is 0 Å². The van der Waals surface area contributed by atoms with Crippen LogP contribution in [-0.4, -0.2) is 23.6 Å². The zero-order chi connectivity index (χ0) is 18.4. The summed E-state index contributed by atoms with van der Waals surface area (Å²) in [6.45, 7) is 8.06. The van der Waals surface area contributed by atoms with E-state index in [4.69, 9.17) is 4.74 Å². The van der Waals surface area contributed by atoms with Crippen LogP contribution in [0.3, 0.4) is 0 Å². The third-order valence-corrected chi connectivity index (χ3v) is 4.48. The van der Waals surface area contributed by atoms with Crippen LogP contribution in [0.4, 0.5) is 4.79 Å². The summed E-state index contributed by atoms with van der Waals surface area (Å²) >= 11 is 0. The summed E-state index contributed by atoms with van der Waals surface area (Å²) in [7, 11) is 0. The maximum absolute atomic E-state index is 12.4. The Morgan fingerprint density at radius 2 is 1.76 bits per heavy atom. The molecule has 0 saturated heterocycles. The van der Waals surface area contributed by atoms with E-state index in [9.17, 15) is 9.59 Å². The molecule has 1 aliphatic rings. The number of rotatable bonds is 4. The highest BCUT2D eigenvalue weighted by Gasteiger charge is 2.23. The summed E-state index contributed by atoms with van der Waals surface area (Å²) in [5.41, 5.74) is 1.06. The first-order valence-corrected chi connectivity index (χ1v) is 9.11. The van der Waals surface area contributed by atoms with Crippen molar-refractivity contribution in [2.45, 2.75) is 71.6 Å². The van der Waals surface area contributed by atoms with Gasteiger partial charge in [0.1, 0.15) is 5.60 Å². The first kappa shape index (κ1) is 19.3. The number of nitrogens with one attached hydrogen (secondary N) is 2. The highest BCUT2D eigenvalue weighted by molar-refractivity contribution is 5.94. The molecule has 5 heteroatoms. The van der Waals surface area contributed by atoms with E-state index in [1.165, 1.54) is 19.3 Å². The zero-order valence-electron chi connectivity index (χ0n) is 15.7. The van der Waals surface area contributed by atoms with E-state index < -0.39 is 11.7 Å². The predicted octanol–water partition coefficient (Wildman–Crippen LogP) is 4.02. The molecular formula is C20H30N2O3. The third-order valence-electron chi connectivity index (χ3n) is 4.48. The lowest BCUT2D eigenvalue weighted by Crippen LogP contribution is -2.41. The predicted molar refractivity (Wildman–Crippen MR) is 98.4 cm³/mol. The van der Waals surface area contributed by atoms with Crippen LogP contribution in [0, 0.1) is 5.92 Å². The second kappa shape index (κ2) is 8.37. The average molecular weight is 346 g/mol. The van der Waals surface area contributed by atoms with Gasteiger partial charge in [-0.3, -0.25) is 4.79 Å². The number of carbonyl (C=O) groups is 2. The highest BCUT2D eigenvalue weighted by atomic mass is 16.6. The van der Waals surface area contributed by atoms with Crippen LogP contribution in [0.25, 0.3) is 0 Å². The van der Waals surface area contributed by atoms with Crippen LogP contribution in [-0.2, 0) is 11.3 Å². The van der Waals surface area contributed by atoms with Crippen molar-refractivity contribution in [1.82, 2.24) is 10.6 Å². The molecule has 2 rings (SSSR count). The van der Waals surface area contributed by atoms with Gasteiger partial charge in [0, 0.05) is 18.2 Å². The molecule has 138 valence electrons. The van der Waals surface area contributed by atoms with Crippen molar-refractivity contribution in [2.24, 2.45) is 5.92 Å². The van der Waals surface area contributed by atoms with Crippen molar-refractivity contribution in [3.63, 3.8) is 0 Å². The molecule has 0 radical (unpaired) electrons. The summed E-state index contributed by atoms with van der Waals surface area (Å²) in [6, 6.07) is 7.59. The minimum atomic E-state index is -0.512. The van der Waals surface area contributed by atoms with E-state index >= 15 is 0 Å². The topological polar surface area (TPSA) is 67.4 Å². The average Bonchev–Trinajstić information content (AvgIpc) is 2.54. The molecule has 25 heavy (non-hydrogen) atoms. The molecule has 1 aliphatic carbocycles. The van der Waals surface area contributed by atoms with Gasteiger partial charge in [-0.05, 0) is 57.2 Å². The third kappa shape index (κ3) is 6.40. The van der Waals surface area contributed by atoms with E-state index in [1.807, 2.05) is 32.9 Å². The van der Waals surface area contributed by atoms with Crippen LogP contribution >= 0.6 is 0 Å². The van der Waals surface area contributed by atoms with Gasteiger partial charge in [-0.2, -0.15) is 0 Å². The SMILES string of the molecule is C[C@H]1CCCC[C@H]1NC(=O)c1ccc(CNC(=O)OC(C)(C)C)cc1. The van der Waals surface area contributed by atoms with Crippen LogP contribution < -0.4 is 10.6 Å². The standard InChI is InChI=1S/C20H30N2O3/c1-14-7-5-6-8-17(14)22-18(23)16-11-9-15(10-12-16)13-21-19(24)25-20(2,3)4/h9-12,14,17H,5-8,13H2,1-4H3,(H,21,24)(H,22,23)/t14-,17+/m0/s1. The zero-order valence-corrected chi connectivity index (χ0v) is 15.7. The van der Waals surface area contributed by atoms with Gasteiger partial charge < -0.3 is 15.4 Å². The Bertz CT molecular complexity index is 590. The highest BCUT2D eigenvalue weighted by Crippen LogP contribution is 2.24. The molecule has 2 N–H and O–H groups in total. The summed E-state index contributed by atoms with van der Waals surface area (Å²) in [4.78, 5) is 24.1. The van der Waals surface area contributed by atoms with Gasteiger partial charge in [0.15, 0.2) is 0 Å². The molecular weight excluding hydrogens is 316 g/mol. The Balaban J connectivity index is 1.84. The number of carbonyl (C=O) groups excluding carboxylic acids is 2. The summed E-state index contributed by atoms with van der Waals surface area (Å²) in [5.74, 6) is 0.514. The summed E-state index contributed by atoms with van der Waals surface area (Å²) < 4.78 is 5.20. The summed E-state index contributed by atoms with van der Waals surface area (Å²) in [6.07, 6.45) is 4.24. The Morgan fingerprint density at radius 3 is 2.36 bits per heavy atom. The van der Waals surface area contributed by atoms with Gasteiger partial charge in [0.25, 0.3) is 5.91 Å². The van der Waals surface area contributed by atoms with Crippen LogP contribution in [0.1, 0.15) is 69.3 Å². The normalized spacial score (nSPS) is 20.6. The van der Waals surface area contributed by atoms with Crippen molar-refractivity contribution in [1.29, 1.82) is 0 Å². The lowest BCUT2D eigenvalue weighted by Gasteiger charge is -2.29. The van der Waals surface area contributed by atoms with Crippen molar-refractivity contribution < 1.29 is 14.3 Å². The number of amides is 2. The minimum absolute atomic E-state index is 0.0228. The molecule has 0 heterocycles. The van der Waals surface area contributed by atoms with Gasteiger partial charge >= 0.3 is 6.09 Å². The van der Waals surface area contributed by atoms with E-state index in [0.29, 0.717) is 18.0 Å². The van der Waals surface area contributed by atoms with Crippen molar-refractivity contribution in [3.05, 3.63) is 35.4 Å². The van der Waals surface area contributed by atoms with E-state index in [1.54, 1.807) is 12.1 Å².